The van der Waals surface area contributed by atoms with Gasteiger partial charge in [0.2, 0.25) is 5.82 Å². The predicted octanol–water partition coefficient (Wildman–Crippen LogP) is -1.50. The molecular weight excluding hydrogens is 244 g/mol. The largest absolute Gasteiger partial charge is 0.480 e. The monoisotopic (exact) mass is 256 g/mol. The van der Waals surface area contributed by atoms with Gasteiger partial charge in [-0.1, -0.05) is 0 Å². The van der Waals surface area contributed by atoms with Crippen LogP contribution in [0.3, 0.4) is 0 Å². The summed E-state index contributed by atoms with van der Waals surface area (Å²) in [6.07, 6.45) is 0.422. The summed E-state index contributed by atoms with van der Waals surface area (Å²) in [6.45, 7) is 0.557. The van der Waals surface area contributed by atoms with Gasteiger partial charge in [-0.2, -0.15) is 0 Å². The molecule has 1 fully saturated rings. The highest BCUT2D eigenvalue weighted by Crippen LogP contribution is 2.24. The molecule has 9 heteroatoms. The van der Waals surface area contributed by atoms with E-state index in [0.29, 0.717) is 0 Å². The Bertz CT molecular complexity index is 557. The third kappa shape index (κ3) is 2.25. The Morgan fingerprint density at radius 3 is 2.61 bits per heavy atom. The van der Waals surface area contributed by atoms with Gasteiger partial charge in [-0.15, -0.1) is 5.10 Å². The van der Waals surface area contributed by atoms with Gasteiger partial charge in [-0.25, -0.2) is 14.7 Å². The molecule has 0 atom stereocenters. The average molecular weight is 256 g/mol. The first-order valence-electron chi connectivity index (χ1n) is 5.32. The number of nitrogens with zero attached hydrogens (tertiary/aromatic N) is 1. The molecule has 0 radical (unpaired) electrons. The lowest BCUT2D eigenvalue weighted by molar-refractivity contribution is -0.145. The fraction of sp³-hybridized carbons (Fsp3) is 0.556. The molecule has 0 amide bonds. The Labute approximate surface area is 100 Å². The van der Waals surface area contributed by atoms with Crippen LogP contribution < -0.4 is 16.6 Å². The van der Waals surface area contributed by atoms with E-state index in [1.807, 2.05) is 10.1 Å². The third-order valence-electron chi connectivity index (χ3n) is 2.82. The second-order valence-corrected chi connectivity index (χ2v) is 3.98. The van der Waals surface area contributed by atoms with Crippen LogP contribution in [0.15, 0.2) is 9.59 Å². The Morgan fingerprint density at radius 2 is 2.06 bits per heavy atom. The van der Waals surface area contributed by atoms with Crippen LogP contribution in [0.25, 0.3) is 0 Å². The Kier molecular flexibility index (Phi) is 3.15. The fourth-order valence-corrected chi connectivity index (χ4v) is 1.77. The molecule has 0 spiro atoms. The number of aliphatic carboxylic acids is 1. The van der Waals surface area contributed by atoms with Gasteiger partial charge in [0.25, 0.3) is 5.56 Å². The summed E-state index contributed by atoms with van der Waals surface area (Å²) in [6, 6.07) is 0. The average Bonchev–Trinajstić information content (AvgIpc) is 2.34. The van der Waals surface area contributed by atoms with E-state index in [4.69, 9.17) is 4.74 Å². The summed E-state index contributed by atoms with van der Waals surface area (Å²) in [4.78, 5) is 35.6. The second-order valence-electron chi connectivity index (χ2n) is 3.98. The number of ether oxygens (including phenoxy) is 1. The third-order valence-corrected chi connectivity index (χ3v) is 2.82. The van der Waals surface area contributed by atoms with Crippen LogP contribution in [-0.2, 0) is 9.53 Å². The lowest BCUT2D eigenvalue weighted by Gasteiger charge is -2.33. The molecule has 98 valence electrons. The maximum atomic E-state index is 11.5. The number of hydrogen-bond donors (Lipinski definition) is 4. The van der Waals surface area contributed by atoms with Crippen molar-refractivity contribution in [3.63, 3.8) is 0 Å². The number of rotatable bonds is 3. The van der Waals surface area contributed by atoms with Crippen LogP contribution >= 0.6 is 0 Å². The molecule has 0 saturated carbocycles. The molecule has 9 nitrogen and oxygen atoms in total. The Morgan fingerprint density at radius 1 is 1.39 bits per heavy atom. The molecule has 2 rings (SSSR count). The number of nitrogens with one attached hydrogen (secondary N) is 3. The molecule has 4 N–H and O–H groups in total. The van der Waals surface area contributed by atoms with E-state index in [-0.39, 0.29) is 31.9 Å². The van der Waals surface area contributed by atoms with Gasteiger partial charge in [-0.3, -0.25) is 9.78 Å². The highest BCUT2D eigenvalue weighted by atomic mass is 16.5. The molecule has 0 aliphatic carbocycles. The zero-order chi connectivity index (χ0) is 13.2. The van der Waals surface area contributed by atoms with Crippen LogP contribution in [0.4, 0.5) is 5.82 Å². The van der Waals surface area contributed by atoms with E-state index < -0.39 is 22.8 Å². The van der Waals surface area contributed by atoms with Crippen molar-refractivity contribution in [2.45, 2.75) is 18.4 Å². The fourth-order valence-electron chi connectivity index (χ4n) is 1.77. The van der Waals surface area contributed by atoms with Crippen molar-refractivity contribution in [3.05, 3.63) is 20.8 Å². The summed E-state index contributed by atoms with van der Waals surface area (Å²) in [5.41, 5.74) is -2.80. The summed E-state index contributed by atoms with van der Waals surface area (Å²) in [7, 11) is 0. The number of carbonyl (C=O) groups is 1. The molecule has 1 aromatic heterocycles. The van der Waals surface area contributed by atoms with E-state index in [0.717, 1.165) is 0 Å². The lowest BCUT2D eigenvalue weighted by atomic mass is 9.90. The number of aromatic amines is 2. The van der Waals surface area contributed by atoms with Crippen molar-refractivity contribution >= 4 is 11.8 Å². The maximum absolute atomic E-state index is 11.5. The van der Waals surface area contributed by atoms with E-state index in [9.17, 15) is 19.5 Å². The zero-order valence-corrected chi connectivity index (χ0v) is 9.36. The summed E-state index contributed by atoms with van der Waals surface area (Å²) < 4.78 is 5.09. The molecule has 1 saturated heterocycles. The van der Waals surface area contributed by atoms with E-state index in [1.54, 1.807) is 0 Å². The van der Waals surface area contributed by atoms with Crippen molar-refractivity contribution in [3.8, 4) is 0 Å². The van der Waals surface area contributed by atoms with Crippen molar-refractivity contribution < 1.29 is 14.6 Å². The standard InChI is InChI=1S/C9H12N4O5/c14-6-5(12-13-8(17)10-6)11-9(7(15)16)1-3-18-4-2-9/h1-4H2,(H,11,12)(H,15,16)(H2,10,13,14,17). The van der Waals surface area contributed by atoms with Crippen LogP contribution in [0, 0.1) is 0 Å². The molecule has 2 heterocycles. The summed E-state index contributed by atoms with van der Waals surface area (Å²) in [5.74, 6) is -1.31. The number of carboxylic acid groups (broad SMARTS) is 1. The van der Waals surface area contributed by atoms with Crippen LogP contribution in [0.1, 0.15) is 12.8 Å². The van der Waals surface area contributed by atoms with Gasteiger partial charge in [0, 0.05) is 26.1 Å². The van der Waals surface area contributed by atoms with Crippen molar-refractivity contribution in [2.24, 2.45) is 0 Å². The van der Waals surface area contributed by atoms with Gasteiger partial charge < -0.3 is 15.2 Å². The highest BCUT2D eigenvalue weighted by molar-refractivity contribution is 5.82. The normalized spacial score (nSPS) is 18.2. The molecule has 1 aromatic rings. The Balaban J connectivity index is 2.31. The van der Waals surface area contributed by atoms with Gasteiger partial charge in [0.15, 0.2) is 0 Å². The topological polar surface area (TPSA) is 137 Å². The second kappa shape index (κ2) is 4.61. The molecule has 1 aliphatic heterocycles. The summed E-state index contributed by atoms with van der Waals surface area (Å²) in [5, 5.41) is 17.4. The number of aromatic nitrogens is 3. The first kappa shape index (κ1) is 12.3. The first-order valence-corrected chi connectivity index (χ1v) is 5.32. The van der Waals surface area contributed by atoms with Gasteiger partial charge in [0.1, 0.15) is 5.54 Å². The molecule has 0 bridgehead atoms. The van der Waals surface area contributed by atoms with Gasteiger partial charge >= 0.3 is 11.7 Å². The minimum atomic E-state index is -1.30. The Hall–Kier alpha value is -2.16. The number of carboxylic acids is 1. The molecule has 0 aromatic carbocycles. The first-order chi connectivity index (χ1) is 8.53. The number of anilines is 1. The van der Waals surface area contributed by atoms with Gasteiger partial charge in [0.05, 0.1) is 0 Å². The van der Waals surface area contributed by atoms with Crippen LogP contribution in [0.5, 0.6) is 0 Å². The molecule has 0 unspecified atom stereocenters. The van der Waals surface area contributed by atoms with E-state index >= 15 is 0 Å². The van der Waals surface area contributed by atoms with Crippen LogP contribution in [-0.4, -0.2) is 45.0 Å². The number of hydrogen-bond acceptors (Lipinski definition) is 6. The number of H-pyrrole nitrogens is 2. The van der Waals surface area contributed by atoms with Crippen molar-refractivity contribution in [2.75, 3.05) is 18.5 Å². The smallest absolute Gasteiger partial charge is 0.342 e. The van der Waals surface area contributed by atoms with E-state index in [1.165, 1.54) is 0 Å². The zero-order valence-electron chi connectivity index (χ0n) is 9.36. The quantitative estimate of drug-likeness (QED) is 0.516. The predicted molar refractivity (Wildman–Crippen MR) is 59.5 cm³/mol. The van der Waals surface area contributed by atoms with E-state index in [2.05, 4.69) is 10.4 Å². The minimum Gasteiger partial charge on any atom is -0.480 e. The minimum absolute atomic E-state index is 0.211. The molecule has 1 aliphatic rings. The van der Waals surface area contributed by atoms with Crippen molar-refractivity contribution in [1.82, 2.24) is 15.2 Å². The maximum Gasteiger partial charge on any atom is 0.342 e. The molecular formula is C9H12N4O5. The summed E-state index contributed by atoms with van der Waals surface area (Å²) >= 11 is 0. The lowest BCUT2D eigenvalue weighted by Crippen LogP contribution is -2.52. The highest BCUT2D eigenvalue weighted by Gasteiger charge is 2.41. The SMILES string of the molecule is O=C(O)C1(Nc2n[nH]c(=O)[nH]c2=O)CCOCC1. The molecule has 18 heavy (non-hydrogen) atoms. The van der Waals surface area contributed by atoms with Crippen LogP contribution in [0.2, 0.25) is 0 Å². The van der Waals surface area contributed by atoms with Gasteiger partial charge in [-0.05, 0) is 0 Å². The van der Waals surface area contributed by atoms with Crippen molar-refractivity contribution in [1.29, 1.82) is 0 Å².